The fourth-order valence-electron chi connectivity index (χ4n) is 1.59. The van der Waals surface area contributed by atoms with E-state index in [1.54, 1.807) is 31.2 Å². The van der Waals surface area contributed by atoms with Crippen molar-refractivity contribution in [3.05, 3.63) is 34.9 Å². The van der Waals surface area contributed by atoms with Crippen molar-refractivity contribution in [3.8, 4) is 0 Å². The highest BCUT2D eigenvalue weighted by Crippen LogP contribution is 2.11. The molecule has 0 amide bonds. The van der Waals surface area contributed by atoms with E-state index in [1.165, 1.54) is 0 Å². The predicted molar refractivity (Wildman–Crippen MR) is 78.5 cm³/mol. The van der Waals surface area contributed by atoms with Gasteiger partial charge in [-0.15, -0.1) is 0 Å². The third-order valence-electron chi connectivity index (χ3n) is 2.73. The van der Waals surface area contributed by atoms with Gasteiger partial charge in [-0.2, -0.15) is 0 Å². The molecular weight excluding hydrogens is 296 g/mol. The molecule has 5 nitrogen and oxygen atoms in total. The number of rotatable bonds is 7. The van der Waals surface area contributed by atoms with Crippen LogP contribution < -0.4 is 0 Å². The van der Waals surface area contributed by atoms with Gasteiger partial charge in [-0.05, 0) is 37.6 Å². The van der Waals surface area contributed by atoms with Crippen molar-refractivity contribution >= 4 is 23.7 Å². The van der Waals surface area contributed by atoms with Crippen LogP contribution in [0.4, 0.5) is 4.79 Å². The number of benzene rings is 1. The monoisotopic (exact) mass is 314 g/mol. The van der Waals surface area contributed by atoms with Gasteiger partial charge in [0, 0.05) is 11.4 Å². The first kappa shape index (κ1) is 17.3. The van der Waals surface area contributed by atoms with E-state index < -0.39 is 12.1 Å². The summed E-state index contributed by atoms with van der Waals surface area (Å²) >= 11 is 5.74. The van der Waals surface area contributed by atoms with Crippen LogP contribution in [0.25, 0.3) is 0 Å². The molecule has 1 atom stereocenters. The summed E-state index contributed by atoms with van der Waals surface area (Å²) in [5.41, 5.74) is 0.429. The van der Waals surface area contributed by atoms with Crippen LogP contribution in [-0.4, -0.2) is 31.4 Å². The van der Waals surface area contributed by atoms with Gasteiger partial charge in [0.1, 0.15) is 6.10 Å². The highest BCUT2D eigenvalue weighted by molar-refractivity contribution is 6.30. The van der Waals surface area contributed by atoms with Crippen LogP contribution in [0, 0.1) is 0 Å². The molecule has 0 saturated carbocycles. The Morgan fingerprint density at radius 3 is 2.38 bits per heavy atom. The largest absolute Gasteiger partial charge is 0.508 e. The SMILES string of the molecule is CCOC(=O)OC(CC)CCOC(=O)c1ccc(Cl)cc1. The molecule has 0 aliphatic rings. The second-order valence-corrected chi connectivity index (χ2v) is 4.70. The Morgan fingerprint density at radius 2 is 1.81 bits per heavy atom. The summed E-state index contributed by atoms with van der Waals surface area (Å²) in [5.74, 6) is -0.433. The minimum atomic E-state index is -0.701. The third kappa shape index (κ3) is 6.49. The molecule has 0 saturated heterocycles. The van der Waals surface area contributed by atoms with Crippen molar-refractivity contribution in [3.63, 3.8) is 0 Å². The lowest BCUT2D eigenvalue weighted by molar-refractivity contribution is 0.0110. The zero-order valence-electron chi connectivity index (χ0n) is 12.1. The van der Waals surface area contributed by atoms with Gasteiger partial charge >= 0.3 is 12.1 Å². The van der Waals surface area contributed by atoms with Crippen molar-refractivity contribution in [2.24, 2.45) is 0 Å². The van der Waals surface area contributed by atoms with Crippen LogP contribution >= 0.6 is 11.6 Å². The van der Waals surface area contributed by atoms with Gasteiger partial charge < -0.3 is 14.2 Å². The van der Waals surface area contributed by atoms with Crippen molar-refractivity contribution in [2.75, 3.05) is 13.2 Å². The molecule has 1 aromatic carbocycles. The number of carbonyl (C=O) groups is 2. The van der Waals surface area contributed by atoms with E-state index in [9.17, 15) is 9.59 Å². The third-order valence-corrected chi connectivity index (χ3v) is 2.99. The van der Waals surface area contributed by atoms with E-state index >= 15 is 0 Å². The van der Waals surface area contributed by atoms with Crippen LogP contribution in [0.3, 0.4) is 0 Å². The maximum Gasteiger partial charge on any atom is 0.508 e. The standard InChI is InChI=1S/C15H19ClO5/c1-3-13(21-15(18)19-4-2)9-10-20-14(17)11-5-7-12(16)8-6-11/h5-8,13H,3-4,9-10H2,1-2H3. The van der Waals surface area contributed by atoms with E-state index in [-0.39, 0.29) is 19.3 Å². The molecule has 0 heterocycles. The van der Waals surface area contributed by atoms with Gasteiger partial charge in [0.25, 0.3) is 0 Å². The second-order valence-electron chi connectivity index (χ2n) is 4.26. The molecule has 1 aromatic rings. The Balaban J connectivity index is 2.35. The maximum atomic E-state index is 11.8. The van der Waals surface area contributed by atoms with Crippen LogP contribution in [0.5, 0.6) is 0 Å². The molecule has 0 aliphatic heterocycles. The van der Waals surface area contributed by atoms with E-state index in [0.717, 1.165) is 0 Å². The van der Waals surface area contributed by atoms with Gasteiger partial charge in [0.05, 0.1) is 18.8 Å². The maximum absolute atomic E-state index is 11.8. The topological polar surface area (TPSA) is 61.8 Å². The smallest absolute Gasteiger partial charge is 0.462 e. The molecule has 0 radical (unpaired) electrons. The summed E-state index contributed by atoms with van der Waals surface area (Å²) in [5, 5.41) is 0.556. The lowest BCUT2D eigenvalue weighted by atomic mass is 10.2. The van der Waals surface area contributed by atoms with Crippen LogP contribution in [0.15, 0.2) is 24.3 Å². The Bertz CT molecular complexity index is 458. The summed E-state index contributed by atoms with van der Waals surface area (Å²) in [4.78, 5) is 23.0. The van der Waals surface area contributed by atoms with Gasteiger partial charge in [-0.1, -0.05) is 18.5 Å². The Morgan fingerprint density at radius 1 is 1.14 bits per heavy atom. The molecule has 0 spiro atoms. The minimum Gasteiger partial charge on any atom is -0.462 e. The summed E-state index contributed by atoms with van der Waals surface area (Å²) in [7, 11) is 0. The average Bonchev–Trinajstić information content (AvgIpc) is 2.47. The number of hydrogen-bond acceptors (Lipinski definition) is 5. The van der Waals surface area contributed by atoms with E-state index in [0.29, 0.717) is 23.4 Å². The summed E-state index contributed by atoms with van der Waals surface area (Å²) in [6.45, 7) is 4.02. The molecule has 116 valence electrons. The van der Waals surface area contributed by atoms with E-state index in [2.05, 4.69) is 0 Å². The highest BCUT2D eigenvalue weighted by Gasteiger charge is 2.14. The Hall–Kier alpha value is -1.75. The lowest BCUT2D eigenvalue weighted by Crippen LogP contribution is -2.21. The first-order valence-electron chi connectivity index (χ1n) is 6.82. The molecule has 0 fully saturated rings. The average molecular weight is 315 g/mol. The van der Waals surface area contributed by atoms with Crippen LogP contribution in [0.2, 0.25) is 5.02 Å². The van der Waals surface area contributed by atoms with Crippen molar-refractivity contribution in [1.29, 1.82) is 0 Å². The van der Waals surface area contributed by atoms with Crippen molar-refractivity contribution in [1.82, 2.24) is 0 Å². The molecule has 0 aromatic heterocycles. The molecular formula is C15H19ClO5. The Kier molecular flexibility index (Phi) is 7.61. The minimum absolute atomic E-state index is 0.166. The van der Waals surface area contributed by atoms with E-state index in [1.807, 2.05) is 6.92 Å². The normalized spacial score (nSPS) is 11.6. The number of hydrogen-bond donors (Lipinski definition) is 0. The number of ether oxygens (including phenoxy) is 3. The van der Waals surface area contributed by atoms with Crippen molar-refractivity contribution in [2.45, 2.75) is 32.8 Å². The van der Waals surface area contributed by atoms with Gasteiger partial charge in [-0.3, -0.25) is 0 Å². The van der Waals surface area contributed by atoms with Crippen LogP contribution in [0.1, 0.15) is 37.0 Å². The van der Waals surface area contributed by atoms with Crippen molar-refractivity contribution < 1.29 is 23.8 Å². The molecule has 0 aliphatic carbocycles. The quantitative estimate of drug-likeness (QED) is 0.716. The van der Waals surface area contributed by atoms with E-state index in [4.69, 9.17) is 25.8 Å². The predicted octanol–water partition coefficient (Wildman–Crippen LogP) is 3.84. The first-order chi connectivity index (χ1) is 10.1. The molecule has 0 bridgehead atoms. The molecule has 1 unspecified atom stereocenters. The summed E-state index contributed by atoms with van der Waals surface area (Å²) in [6, 6.07) is 6.43. The fourth-order valence-corrected chi connectivity index (χ4v) is 1.71. The summed E-state index contributed by atoms with van der Waals surface area (Å²) < 4.78 is 14.9. The molecule has 21 heavy (non-hydrogen) atoms. The Labute approximate surface area is 129 Å². The number of carbonyl (C=O) groups excluding carboxylic acids is 2. The fraction of sp³-hybridized carbons (Fsp3) is 0.467. The number of halogens is 1. The van der Waals surface area contributed by atoms with Gasteiger partial charge in [-0.25, -0.2) is 9.59 Å². The zero-order chi connectivity index (χ0) is 15.7. The first-order valence-corrected chi connectivity index (χ1v) is 7.20. The lowest BCUT2D eigenvalue weighted by Gasteiger charge is -2.15. The van der Waals surface area contributed by atoms with Gasteiger partial charge in [0.15, 0.2) is 0 Å². The second kappa shape index (κ2) is 9.23. The highest BCUT2D eigenvalue weighted by atomic mass is 35.5. The number of esters is 1. The zero-order valence-corrected chi connectivity index (χ0v) is 12.9. The van der Waals surface area contributed by atoms with Gasteiger partial charge in [0.2, 0.25) is 0 Å². The van der Waals surface area contributed by atoms with Crippen LogP contribution in [-0.2, 0) is 14.2 Å². The molecule has 1 rings (SSSR count). The molecule has 6 heteroatoms. The molecule has 0 N–H and O–H groups in total. The summed E-state index contributed by atoms with van der Waals surface area (Å²) in [6.07, 6.45) is 0.0156.